The van der Waals surface area contributed by atoms with E-state index in [9.17, 15) is 0 Å². The van der Waals surface area contributed by atoms with E-state index in [1.54, 1.807) is 0 Å². The summed E-state index contributed by atoms with van der Waals surface area (Å²) in [6.45, 7) is 8.28. The van der Waals surface area contributed by atoms with Crippen molar-refractivity contribution in [2.24, 2.45) is 0 Å². The zero-order chi connectivity index (χ0) is 13.5. The van der Waals surface area contributed by atoms with E-state index in [2.05, 4.69) is 44.3 Å². The summed E-state index contributed by atoms with van der Waals surface area (Å²) in [7, 11) is 0. The van der Waals surface area contributed by atoms with E-state index < -0.39 is 0 Å². The molecule has 2 aliphatic rings. The Morgan fingerprint density at radius 3 is 2.95 bits per heavy atom. The van der Waals surface area contributed by atoms with Crippen LogP contribution in [-0.2, 0) is 11.2 Å². The van der Waals surface area contributed by atoms with Gasteiger partial charge in [0, 0.05) is 25.1 Å². The van der Waals surface area contributed by atoms with Crippen LogP contribution in [0.25, 0.3) is 0 Å². The third-order valence-corrected chi connectivity index (χ3v) is 3.98. The predicted octanol–water partition coefficient (Wildman–Crippen LogP) is 2.84. The van der Waals surface area contributed by atoms with Gasteiger partial charge >= 0.3 is 0 Å². The molecule has 3 nitrogen and oxygen atoms in total. The fourth-order valence-electron chi connectivity index (χ4n) is 3.02. The van der Waals surface area contributed by atoms with Gasteiger partial charge in [-0.05, 0) is 25.8 Å². The van der Waals surface area contributed by atoms with Gasteiger partial charge in [-0.15, -0.1) is 0 Å². The molecule has 0 saturated carbocycles. The second kappa shape index (κ2) is 4.80. The molecule has 3 heteroatoms. The SMILES string of the molecule is CCC1CNCC(c2cccc3c2OC(C)(C)C3)O1. The number of nitrogens with one attached hydrogen (secondary N) is 1. The Kier molecular flexibility index (Phi) is 3.27. The lowest BCUT2D eigenvalue weighted by atomic mass is 9.98. The normalized spacial score (nSPS) is 28.8. The third kappa shape index (κ3) is 2.49. The molecule has 1 saturated heterocycles. The molecule has 0 radical (unpaired) electrons. The molecule has 0 aliphatic carbocycles. The van der Waals surface area contributed by atoms with Crippen molar-refractivity contribution in [1.29, 1.82) is 0 Å². The van der Waals surface area contributed by atoms with Gasteiger partial charge in [0.05, 0.1) is 12.2 Å². The van der Waals surface area contributed by atoms with E-state index in [-0.39, 0.29) is 11.7 Å². The van der Waals surface area contributed by atoms with Crippen molar-refractivity contribution in [3.05, 3.63) is 29.3 Å². The Morgan fingerprint density at radius 1 is 1.32 bits per heavy atom. The van der Waals surface area contributed by atoms with Gasteiger partial charge < -0.3 is 14.8 Å². The number of benzene rings is 1. The van der Waals surface area contributed by atoms with E-state index in [4.69, 9.17) is 9.47 Å². The second-order valence-electron chi connectivity index (χ2n) is 6.19. The molecular formula is C16H23NO2. The van der Waals surface area contributed by atoms with E-state index in [1.165, 1.54) is 11.1 Å². The average Bonchev–Trinajstić information content (AvgIpc) is 2.72. The van der Waals surface area contributed by atoms with Crippen LogP contribution < -0.4 is 10.1 Å². The van der Waals surface area contributed by atoms with E-state index in [1.807, 2.05) is 0 Å². The molecular weight excluding hydrogens is 238 g/mol. The summed E-state index contributed by atoms with van der Waals surface area (Å²) in [4.78, 5) is 0. The van der Waals surface area contributed by atoms with Crippen LogP contribution in [0.2, 0.25) is 0 Å². The molecule has 2 atom stereocenters. The third-order valence-electron chi connectivity index (χ3n) is 3.98. The molecule has 0 amide bonds. The molecule has 0 spiro atoms. The summed E-state index contributed by atoms with van der Waals surface area (Å²) in [5.74, 6) is 1.05. The average molecular weight is 261 g/mol. The molecule has 2 aliphatic heterocycles. The maximum absolute atomic E-state index is 6.17. The van der Waals surface area contributed by atoms with Crippen LogP contribution in [0.15, 0.2) is 18.2 Å². The zero-order valence-corrected chi connectivity index (χ0v) is 12.0. The van der Waals surface area contributed by atoms with Crippen LogP contribution in [-0.4, -0.2) is 24.8 Å². The first-order valence-electron chi connectivity index (χ1n) is 7.26. The van der Waals surface area contributed by atoms with Gasteiger partial charge in [0.1, 0.15) is 11.4 Å². The summed E-state index contributed by atoms with van der Waals surface area (Å²) >= 11 is 0. The van der Waals surface area contributed by atoms with Crippen LogP contribution in [0.1, 0.15) is 44.4 Å². The highest BCUT2D eigenvalue weighted by atomic mass is 16.5. The Morgan fingerprint density at radius 2 is 2.16 bits per heavy atom. The molecule has 1 aromatic rings. The summed E-state index contributed by atoms with van der Waals surface area (Å²) < 4.78 is 12.3. The van der Waals surface area contributed by atoms with Crippen LogP contribution in [0.5, 0.6) is 5.75 Å². The first-order valence-corrected chi connectivity index (χ1v) is 7.26. The fourth-order valence-corrected chi connectivity index (χ4v) is 3.02. The van der Waals surface area contributed by atoms with Crippen LogP contribution in [0, 0.1) is 0 Å². The lowest BCUT2D eigenvalue weighted by molar-refractivity contribution is -0.0415. The molecule has 3 rings (SSSR count). The summed E-state index contributed by atoms with van der Waals surface area (Å²) in [6, 6.07) is 6.43. The van der Waals surface area contributed by atoms with E-state index in [0.717, 1.165) is 31.7 Å². The van der Waals surface area contributed by atoms with Gasteiger partial charge in [-0.2, -0.15) is 0 Å². The minimum atomic E-state index is -0.0926. The van der Waals surface area contributed by atoms with Crippen molar-refractivity contribution < 1.29 is 9.47 Å². The molecule has 1 N–H and O–H groups in total. The van der Waals surface area contributed by atoms with Crippen LogP contribution in [0.4, 0.5) is 0 Å². The number of ether oxygens (including phenoxy) is 2. The van der Waals surface area contributed by atoms with Gasteiger partial charge in [0.15, 0.2) is 0 Å². The lowest BCUT2D eigenvalue weighted by Crippen LogP contribution is -2.40. The monoisotopic (exact) mass is 261 g/mol. The molecule has 19 heavy (non-hydrogen) atoms. The number of para-hydroxylation sites is 1. The highest BCUT2D eigenvalue weighted by Gasteiger charge is 2.34. The van der Waals surface area contributed by atoms with Crippen LogP contribution in [0.3, 0.4) is 0 Å². The minimum Gasteiger partial charge on any atom is -0.487 e. The summed E-state index contributed by atoms with van der Waals surface area (Å²) in [6.07, 6.45) is 2.45. The lowest BCUT2D eigenvalue weighted by Gasteiger charge is -2.31. The van der Waals surface area contributed by atoms with Gasteiger partial charge in [-0.3, -0.25) is 0 Å². The zero-order valence-electron chi connectivity index (χ0n) is 12.0. The number of hydrogen-bond donors (Lipinski definition) is 1. The highest BCUT2D eigenvalue weighted by Crippen LogP contribution is 2.41. The van der Waals surface area contributed by atoms with Gasteiger partial charge in [0.25, 0.3) is 0 Å². The quantitative estimate of drug-likeness (QED) is 0.888. The standard InChI is InChI=1S/C16H23NO2/c1-4-12-9-17-10-14(18-12)13-7-5-6-11-8-16(2,3)19-15(11)13/h5-7,12,14,17H,4,8-10H2,1-3H3. The molecule has 1 fully saturated rings. The van der Waals surface area contributed by atoms with Crippen molar-refractivity contribution in [3.63, 3.8) is 0 Å². The Hall–Kier alpha value is -1.06. The van der Waals surface area contributed by atoms with Crippen molar-refractivity contribution >= 4 is 0 Å². The van der Waals surface area contributed by atoms with E-state index in [0.29, 0.717) is 6.10 Å². The Balaban J connectivity index is 1.88. The molecule has 1 aromatic carbocycles. The van der Waals surface area contributed by atoms with Gasteiger partial charge in [-0.1, -0.05) is 25.1 Å². The van der Waals surface area contributed by atoms with Crippen LogP contribution >= 0.6 is 0 Å². The number of rotatable bonds is 2. The molecule has 2 heterocycles. The maximum Gasteiger partial charge on any atom is 0.129 e. The topological polar surface area (TPSA) is 30.5 Å². The highest BCUT2D eigenvalue weighted by molar-refractivity contribution is 5.47. The van der Waals surface area contributed by atoms with Gasteiger partial charge in [-0.25, -0.2) is 0 Å². The predicted molar refractivity (Wildman–Crippen MR) is 75.6 cm³/mol. The first-order chi connectivity index (χ1) is 9.09. The second-order valence-corrected chi connectivity index (χ2v) is 6.19. The number of morpholine rings is 1. The van der Waals surface area contributed by atoms with E-state index >= 15 is 0 Å². The minimum absolute atomic E-state index is 0.0926. The van der Waals surface area contributed by atoms with Crippen molar-refractivity contribution in [2.45, 2.75) is 51.4 Å². The van der Waals surface area contributed by atoms with Gasteiger partial charge in [0.2, 0.25) is 0 Å². The largest absolute Gasteiger partial charge is 0.487 e. The molecule has 2 unspecified atom stereocenters. The smallest absolute Gasteiger partial charge is 0.129 e. The molecule has 104 valence electrons. The number of hydrogen-bond acceptors (Lipinski definition) is 3. The van der Waals surface area contributed by atoms with Crippen molar-refractivity contribution in [3.8, 4) is 5.75 Å². The molecule has 0 bridgehead atoms. The molecule has 0 aromatic heterocycles. The number of fused-ring (bicyclic) bond motifs is 1. The van der Waals surface area contributed by atoms with Crippen molar-refractivity contribution in [2.75, 3.05) is 13.1 Å². The Labute approximate surface area is 115 Å². The Bertz CT molecular complexity index is 470. The summed E-state index contributed by atoms with van der Waals surface area (Å²) in [5.41, 5.74) is 2.42. The van der Waals surface area contributed by atoms with Crippen molar-refractivity contribution in [1.82, 2.24) is 5.32 Å². The maximum atomic E-state index is 6.17. The fraction of sp³-hybridized carbons (Fsp3) is 0.625. The summed E-state index contributed by atoms with van der Waals surface area (Å²) in [5, 5.41) is 3.47. The first kappa shape index (κ1) is 12.9.